The highest BCUT2D eigenvalue weighted by molar-refractivity contribution is 9.10. The van der Waals surface area contributed by atoms with Crippen molar-refractivity contribution in [2.45, 2.75) is 0 Å². The van der Waals surface area contributed by atoms with Gasteiger partial charge in [-0.25, -0.2) is 0 Å². The van der Waals surface area contributed by atoms with Crippen LogP contribution in [0, 0.1) is 0 Å². The van der Waals surface area contributed by atoms with E-state index in [0.717, 1.165) is 10.2 Å². The molecule has 1 N–H and O–H groups in total. The number of pyridine rings is 1. The maximum Gasteiger partial charge on any atom is 0.270 e. The molecule has 5 nitrogen and oxygen atoms in total. The number of hydrogen-bond donors (Lipinski definition) is 1. The van der Waals surface area contributed by atoms with Crippen molar-refractivity contribution < 1.29 is 9.53 Å². The SMILES string of the molecule is CN(CCOc1ccc(Br)cc1)C(=O)c1cccc(=O)[nH]1. The Morgan fingerprint density at radius 1 is 1.24 bits per heavy atom. The van der Waals surface area contributed by atoms with E-state index in [2.05, 4.69) is 20.9 Å². The van der Waals surface area contributed by atoms with Crippen molar-refractivity contribution in [2.75, 3.05) is 20.2 Å². The third-order valence-corrected chi connectivity index (χ3v) is 3.38. The summed E-state index contributed by atoms with van der Waals surface area (Å²) in [5.41, 5.74) is -0.0194. The van der Waals surface area contributed by atoms with Crippen LogP contribution in [0.3, 0.4) is 0 Å². The fourth-order valence-electron chi connectivity index (χ4n) is 1.71. The summed E-state index contributed by atoms with van der Waals surface area (Å²) >= 11 is 3.35. The number of amides is 1. The van der Waals surface area contributed by atoms with Crippen LogP contribution in [0.25, 0.3) is 0 Å². The number of nitrogens with one attached hydrogen (secondary N) is 1. The minimum absolute atomic E-state index is 0.243. The highest BCUT2D eigenvalue weighted by Gasteiger charge is 2.12. The van der Waals surface area contributed by atoms with Crippen LogP contribution in [-0.4, -0.2) is 36.0 Å². The van der Waals surface area contributed by atoms with E-state index < -0.39 is 0 Å². The third kappa shape index (κ3) is 4.46. The molecule has 2 rings (SSSR count). The second-order valence-corrected chi connectivity index (χ2v) is 5.37. The van der Waals surface area contributed by atoms with Crippen molar-refractivity contribution in [1.82, 2.24) is 9.88 Å². The number of benzene rings is 1. The maximum atomic E-state index is 12.1. The molecule has 1 amide bonds. The van der Waals surface area contributed by atoms with Crippen LogP contribution < -0.4 is 10.3 Å². The molecule has 6 heteroatoms. The topological polar surface area (TPSA) is 62.4 Å². The van der Waals surface area contributed by atoms with E-state index in [-0.39, 0.29) is 17.2 Å². The molecule has 0 atom stereocenters. The number of hydrogen-bond acceptors (Lipinski definition) is 3. The molecule has 0 aliphatic carbocycles. The Kier molecular flexibility index (Phi) is 5.16. The van der Waals surface area contributed by atoms with Gasteiger partial charge in [-0.15, -0.1) is 0 Å². The summed E-state index contributed by atoms with van der Waals surface area (Å²) in [7, 11) is 1.67. The van der Waals surface area contributed by atoms with Gasteiger partial charge in [0.1, 0.15) is 18.1 Å². The monoisotopic (exact) mass is 350 g/mol. The Bertz CT molecular complexity index is 667. The highest BCUT2D eigenvalue weighted by atomic mass is 79.9. The number of H-pyrrole nitrogens is 1. The van der Waals surface area contributed by atoms with Gasteiger partial charge in [0, 0.05) is 17.6 Å². The number of rotatable bonds is 5. The molecule has 0 saturated carbocycles. The highest BCUT2D eigenvalue weighted by Crippen LogP contribution is 2.15. The lowest BCUT2D eigenvalue weighted by Crippen LogP contribution is -2.32. The van der Waals surface area contributed by atoms with E-state index in [1.54, 1.807) is 19.2 Å². The van der Waals surface area contributed by atoms with E-state index in [4.69, 9.17) is 4.74 Å². The molecule has 0 spiro atoms. The fourth-order valence-corrected chi connectivity index (χ4v) is 1.98. The van der Waals surface area contributed by atoms with E-state index in [1.807, 2.05) is 24.3 Å². The summed E-state index contributed by atoms with van der Waals surface area (Å²) < 4.78 is 6.54. The van der Waals surface area contributed by atoms with E-state index in [1.165, 1.54) is 11.0 Å². The Morgan fingerprint density at radius 3 is 2.62 bits per heavy atom. The summed E-state index contributed by atoms with van der Waals surface area (Å²) in [6.07, 6.45) is 0. The Labute approximate surface area is 130 Å². The first-order valence-corrected chi connectivity index (χ1v) is 7.19. The molecule has 0 aliphatic heterocycles. The standard InChI is InChI=1S/C15H15BrN2O3/c1-18(15(20)13-3-2-4-14(19)17-13)9-10-21-12-7-5-11(16)6-8-12/h2-8H,9-10H2,1H3,(H,17,19). The molecule has 0 radical (unpaired) electrons. The van der Waals surface area contributed by atoms with Gasteiger partial charge in [0.15, 0.2) is 0 Å². The van der Waals surface area contributed by atoms with Gasteiger partial charge in [-0.2, -0.15) is 0 Å². The largest absolute Gasteiger partial charge is 0.492 e. The van der Waals surface area contributed by atoms with Gasteiger partial charge in [0.2, 0.25) is 5.56 Å². The average molecular weight is 351 g/mol. The van der Waals surface area contributed by atoms with Crippen molar-refractivity contribution in [1.29, 1.82) is 0 Å². The van der Waals surface area contributed by atoms with Crippen molar-refractivity contribution in [3.05, 3.63) is 63.0 Å². The first kappa shape index (κ1) is 15.3. The van der Waals surface area contributed by atoms with Crippen LogP contribution in [0.2, 0.25) is 0 Å². The fraction of sp³-hybridized carbons (Fsp3) is 0.200. The predicted molar refractivity (Wildman–Crippen MR) is 83.7 cm³/mol. The Hall–Kier alpha value is -2.08. The number of aromatic amines is 1. The van der Waals surface area contributed by atoms with Gasteiger partial charge >= 0.3 is 0 Å². The quantitative estimate of drug-likeness (QED) is 0.899. The van der Waals surface area contributed by atoms with Crippen LogP contribution in [-0.2, 0) is 0 Å². The second-order valence-electron chi connectivity index (χ2n) is 4.46. The Morgan fingerprint density at radius 2 is 1.95 bits per heavy atom. The van der Waals surface area contributed by atoms with Crippen molar-refractivity contribution in [2.24, 2.45) is 0 Å². The zero-order chi connectivity index (χ0) is 15.2. The van der Waals surface area contributed by atoms with E-state index in [0.29, 0.717) is 13.2 Å². The predicted octanol–water partition coefficient (Wildman–Crippen LogP) is 2.29. The van der Waals surface area contributed by atoms with Gasteiger partial charge < -0.3 is 14.6 Å². The molecule has 1 aromatic carbocycles. The molecule has 0 unspecified atom stereocenters. The minimum atomic E-state index is -0.291. The lowest BCUT2D eigenvalue weighted by Gasteiger charge is -2.17. The normalized spacial score (nSPS) is 10.2. The molecule has 2 aromatic rings. The number of likely N-dealkylation sites (N-methyl/N-ethyl adjacent to an activating group) is 1. The molecule has 110 valence electrons. The molecule has 0 saturated heterocycles. The first-order valence-electron chi connectivity index (χ1n) is 6.39. The van der Waals surface area contributed by atoms with Gasteiger partial charge in [-0.1, -0.05) is 22.0 Å². The molecule has 21 heavy (non-hydrogen) atoms. The molecule has 1 heterocycles. The first-order chi connectivity index (χ1) is 10.1. The van der Waals surface area contributed by atoms with Crippen molar-refractivity contribution >= 4 is 21.8 Å². The van der Waals surface area contributed by atoms with Gasteiger partial charge in [0.25, 0.3) is 5.91 Å². The maximum absolute atomic E-state index is 12.1. The van der Waals surface area contributed by atoms with Crippen molar-refractivity contribution in [3.8, 4) is 5.75 Å². The number of halogens is 1. The molecular formula is C15H15BrN2O3. The second kappa shape index (κ2) is 7.08. The third-order valence-electron chi connectivity index (χ3n) is 2.85. The van der Waals surface area contributed by atoms with Crippen LogP contribution >= 0.6 is 15.9 Å². The smallest absolute Gasteiger partial charge is 0.270 e. The Balaban J connectivity index is 1.86. The summed E-state index contributed by atoms with van der Waals surface area (Å²) in [4.78, 5) is 27.3. The van der Waals surface area contributed by atoms with Crippen LogP contribution in [0.4, 0.5) is 0 Å². The van der Waals surface area contributed by atoms with E-state index in [9.17, 15) is 9.59 Å². The molecule has 1 aromatic heterocycles. The zero-order valence-electron chi connectivity index (χ0n) is 11.5. The number of carbonyl (C=O) groups is 1. The summed E-state index contributed by atoms with van der Waals surface area (Å²) in [5, 5.41) is 0. The average Bonchev–Trinajstić information content (AvgIpc) is 2.48. The van der Waals surface area contributed by atoms with E-state index >= 15 is 0 Å². The molecule has 0 fully saturated rings. The number of nitrogens with zero attached hydrogens (tertiary/aromatic N) is 1. The minimum Gasteiger partial charge on any atom is -0.492 e. The van der Waals surface area contributed by atoms with Gasteiger partial charge in [-0.3, -0.25) is 9.59 Å². The van der Waals surface area contributed by atoms with Crippen LogP contribution in [0.1, 0.15) is 10.5 Å². The van der Waals surface area contributed by atoms with Gasteiger partial charge in [0.05, 0.1) is 6.54 Å². The number of carbonyl (C=O) groups excluding carboxylic acids is 1. The molecular weight excluding hydrogens is 336 g/mol. The van der Waals surface area contributed by atoms with Crippen molar-refractivity contribution in [3.63, 3.8) is 0 Å². The lowest BCUT2D eigenvalue weighted by atomic mass is 10.3. The van der Waals surface area contributed by atoms with Crippen LogP contribution in [0.15, 0.2) is 51.7 Å². The van der Waals surface area contributed by atoms with Gasteiger partial charge in [-0.05, 0) is 30.3 Å². The zero-order valence-corrected chi connectivity index (χ0v) is 13.1. The molecule has 0 aliphatic rings. The van der Waals surface area contributed by atoms with Crippen LogP contribution in [0.5, 0.6) is 5.75 Å². The number of ether oxygens (including phenoxy) is 1. The molecule has 0 bridgehead atoms. The summed E-state index contributed by atoms with van der Waals surface area (Å²) in [6.45, 7) is 0.798. The summed E-state index contributed by atoms with van der Waals surface area (Å²) in [6, 6.07) is 12.0. The summed E-state index contributed by atoms with van der Waals surface area (Å²) in [5.74, 6) is 0.499. The number of aromatic nitrogens is 1. The lowest BCUT2D eigenvalue weighted by molar-refractivity contribution is 0.0767.